The number of sulfonamides is 1. The molecule has 1 aromatic carbocycles. The summed E-state index contributed by atoms with van der Waals surface area (Å²) in [6.07, 6.45) is 1.88. The van der Waals surface area contributed by atoms with E-state index < -0.39 is 15.8 Å². The van der Waals surface area contributed by atoms with Gasteiger partial charge in [-0.3, -0.25) is 4.72 Å². The summed E-state index contributed by atoms with van der Waals surface area (Å²) in [6, 6.07) is 5.24. The molecule has 6 heteroatoms. The molecule has 0 atom stereocenters. The van der Waals surface area contributed by atoms with Crippen LogP contribution in [0.3, 0.4) is 0 Å². The van der Waals surface area contributed by atoms with Crippen molar-refractivity contribution in [2.75, 3.05) is 10.5 Å². The fourth-order valence-electron chi connectivity index (χ4n) is 1.49. The van der Waals surface area contributed by atoms with Gasteiger partial charge in [0.05, 0.1) is 11.3 Å². The van der Waals surface area contributed by atoms with Crippen LogP contribution in [0.4, 0.5) is 10.1 Å². The van der Waals surface area contributed by atoms with Crippen molar-refractivity contribution < 1.29 is 12.8 Å². The molecule has 1 aliphatic rings. The van der Waals surface area contributed by atoms with E-state index in [1.165, 1.54) is 12.1 Å². The van der Waals surface area contributed by atoms with Crippen molar-refractivity contribution in [1.29, 1.82) is 5.26 Å². The van der Waals surface area contributed by atoms with Crippen LogP contribution in [-0.2, 0) is 10.0 Å². The molecule has 0 radical (unpaired) electrons. The Hall–Kier alpha value is -1.61. The van der Waals surface area contributed by atoms with Crippen LogP contribution in [-0.4, -0.2) is 14.2 Å². The third-order valence-corrected chi connectivity index (χ3v) is 3.97. The Kier molecular flexibility index (Phi) is 3.03. The first-order chi connectivity index (χ1) is 8.00. The minimum Gasteiger partial charge on any atom is -0.283 e. The summed E-state index contributed by atoms with van der Waals surface area (Å²) in [5.74, 6) is -0.326. The minimum absolute atomic E-state index is 0.0895. The summed E-state index contributed by atoms with van der Waals surface area (Å²) in [5, 5.41) is 8.63. The number of nitrogens with zero attached hydrogens (tertiary/aromatic N) is 1. The molecule has 1 aliphatic carbocycles. The maximum atomic E-state index is 13.0. The Morgan fingerprint density at radius 1 is 1.47 bits per heavy atom. The molecule has 2 rings (SSSR count). The summed E-state index contributed by atoms with van der Waals surface area (Å²) in [6.45, 7) is 0. The second-order valence-electron chi connectivity index (χ2n) is 4.13. The zero-order valence-corrected chi connectivity index (χ0v) is 9.80. The van der Waals surface area contributed by atoms with Crippen LogP contribution in [0.25, 0.3) is 0 Å². The third kappa shape index (κ3) is 3.17. The molecule has 1 N–H and O–H groups in total. The second-order valence-corrected chi connectivity index (χ2v) is 5.90. The minimum atomic E-state index is -3.39. The highest BCUT2D eigenvalue weighted by molar-refractivity contribution is 7.92. The predicted octanol–water partition coefficient (Wildman–Crippen LogP) is 1.85. The summed E-state index contributed by atoms with van der Waals surface area (Å²) in [7, 11) is -3.39. The highest BCUT2D eigenvalue weighted by Crippen LogP contribution is 2.30. The van der Waals surface area contributed by atoms with Crippen molar-refractivity contribution >= 4 is 15.7 Å². The molecule has 0 unspecified atom stereocenters. The van der Waals surface area contributed by atoms with Crippen LogP contribution in [0.2, 0.25) is 0 Å². The standard InChI is InChI=1S/C11H11FN2O2S/c12-11-4-3-10(5-9(11)6-13)14-17(15,16)7-8-1-2-8/h3-5,8,14H,1-2,7H2. The van der Waals surface area contributed by atoms with Crippen LogP contribution in [0, 0.1) is 23.1 Å². The zero-order chi connectivity index (χ0) is 12.5. The van der Waals surface area contributed by atoms with Gasteiger partial charge in [0.1, 0.15) is 11.9 Å². The van der Waals surface area contributed by atoms with Crippen molar-refractivity contribution in [1.82, 2.24) is 0 Å². The van der Waals surface area contributed by atoms with E-state index in [9.17, 15) is 12.8 Å². The van der Waals surface area contributed by atoms with Crippen LogP contribution in [0.1, 0.15) is 18.4 Å². The van der Waals surface area contributed by atoms with E-state index >= 15 is 0 Å². The number of hydrogen-bond acceptors (Lipinski definition) is 3. The number of benzene rings is 1. The summed E-state index contributed by atoms with van der Waals surface area (Å²) >= 11 is 0. The molecule has 1 fully saturated rings. The molecule has 17 heavy (non-hydrogen) atoms. The van der Waals surface area contributed by atoms with Crippen molar-refractivity contribution in [3.63, 3.8) is 0 Å². The van der Waals surface area contributed by atoms with Gasteiger partial charge in [-0.25, -0.2) is 12.8 Å². The Morgan fingerprint density at radius 2 is 2.18 bits per heavy atom. The number of rotatable bonds is 4. The SMILES string of the molecule is N#Cc1cc(NS(=O)(=O)CC2CC2)ccc1F. The second kappa shape index (κ2) is 4.34. The van der Waals surface area contributed by atoms with E-state index in [-0.39, 0.29) is 22.9 Å². The van der Waals surface area contributed by atoms with E-state index in [0.717, 1.165) is 18.9 Å². The summed E-state index contributed by atoms with van der Waals surface area (Å²) < 4.78 is 38.7. The average molecular weight is 254 g/mol. The van der Waals surface area contributed by atoms with Crippen LogP contribution in [0.15, 0.2) is 18.2 Å². The molecule has 0 heterocycles. The van der Waals surface area contributed by atoms with Gasteiger partial charge in [0.15, 0.2) is 0 Å². The fourth-order valence-corrected chi connectivity index (χ4v) is 3.01. The fraction of sp³-hybridized carbons (Fsp3) is 0.364. The molecule has 4 nitrogen and oxygen atoms in total. The van der Waals surface area contributed by atoms with Gasteiger partial charge in [-0.2, -0.15) is 5.26 Å². The van der Waals surface area contributed by atoms with Gasteiger partial charge in [0.25, 0.3) is 0 Å². The maximum Gasteiger partial charge on any atom is 0.232 e. The lowest BCUT2D eigenvalue weighted by molar-refractivity contribution is 0.597. The molecular weight excluding hydrogens is 243 g/mol. The van der Waals surface area contributed by atoms with Crippen LogP contribution >= 0.6 is 0 Å². The monoisotopic (exact) mass is 254 g/mol. The molecule has 0 amide bonds. The summed E-state index contributed by atoms with van der Waals surface area (Å²) in [5.41, 5.74) is 0.0558. The molecule has 0 bridgehead atoms. The van der Waals surface area contributed by atoms with Crippen LogP contribution < -0.4 is 4.72 Å². The first-order valence-electron chi connectivity index (χ1n) is 5.20. The first-order valence-corrected chi connectivity index (χ1v) is 6.85. The van der Waals surface area contributed by atoms with Gasteiger partial charge in [-0.05, 0) is 37.0 Å². The van der Waals surface area contributed by atoms with Gasteiger partial charge in [0, 0.05) is 5.69 Å². The highest BCUT2D eigenvalue weighted by atomic mass is 32.2. The molecule has 0 saturated heterocycles. The average Bonchev–Trinajstić information content (AvgIpc) is 3.03. The Morgan fingerprint density at radius 3 is 2.76 bits per heavy atom. The molecule has 1 saturated carbocycles. The lowest BCUT2D eigenvalue weighted by Gasteiger charge is -2.07. The van der Waals surface area contributed by atoms with E-state index in [0.29, 0.717) is 0 Å². The quantitative estimate of drug-likeness (QED) is 0.891. The molecule has 0 aliphatic heterocycles. The maximum absolute atomic E-state index is 13.0. The van der Waals surface area contributed by atoms with Crippen molar-refractivity contribution in [3.8, 4) is 6.07 Å². The lowest BCUT2D eigenvalue weighted by atomic mass is 10.2. The first kappa shape index (κ1) is 11.9. The van der Waals surface area contributed by atoms with E-state index in [4.69, 9.17) is 5.26 Å². The molecule has 1 aromatic rings. The normalized spacial score (nSPS) is 15.3. The van der Waals surface area contributed by atoms with Crippen LogP contribution in [0.5, 0.6) is 0 Å². The van der Waals surface area contributed by atoms with Gasteiger partial charge in [0.2, 0.25) is 10.0 Å². The smallest absolute Gasteiger partial charge is 0.232 e. The topological polar surface area (TPSA) is 70.0 Å². The van der Waals surface area contributed by atoms with E-state index in [2.05, 4.69) is 4.72 Å². The predicted molar refractivity (Wildman–Crippen MR) is 61.2 cm³/mol. The van der Waals surface area contributed by atoms with Gasteiger partial charge >= 0.3 is 0 Å². The Labute approximate surface area is 99.1 Å². The van der Waals surface area contributed by atoms with E-state index in [1.807, 2.05) is 0 Å². The largest absolute Gasteiger partial charge is 0.283 e. The van der Waals surface area contributed by atoms with Gasteiger partial charge in [-0.1, -0.05) is 0 Å². The van der Waals surface area contributed by atoms with Gasteiger partial charge < -0.3 is 0 Å². The zero-order valence-electron chi connectivity index (χ0n) is 8.98. The lowest BCUT2D eigenvalue weighted by Crippen LogP contribution is -2.17. The highest BCUT2D eigenvalue weighted by Gasteiger charge is 2.28. The molecule has 90 valence electrons. The van der Waals surface area contributed by atoms with Gasteiger partial charge in [-0.15, -0.1) is 0 Å². The molecular formula is C11H11FN2O2S. The number of anilines is 1. The van der Waals surface area contributed by atoms with Crippen molar-refractivity contribution in [2.45, 2.75) is 12.8 Å². The van der Waals surface area contributed by atoms with E-state index in [1.54, 1.807) is 6.07 Å². The number of hydrogen-bond donors (Lipinski definition) is 1. The molecule has 0 aromatic heterocycles. The van der Waals surface area contributed by atoms with Crippen molar-refractivity contribution in [2.24, 2.45) is 5.92 Å². The summed E-state index contributed by atoms with van der Waals surface area (Å²) in [4.78, 5) is 0. The number of halogens is 1. The number of nitrogens with one attached hydrogen (secondary N) is 1. The number of nitriles is 1. The Bertz CT molecular complexity index is 574. The molecule has 0 spiro atoms. The van der Waals surface area contributed by atoms with Crippen molar-refractivity contribution in [3.05, 3.63) is 29.6 Å². The Balaban J connectivity index is 2.15. The third-order valence-electron chi connectivity index (χ3n) is 2.51.